The van der Waals surface area contributed by atoms with Gasteiger partial charge in [-0.25, -0.2) is 9.37 Å². The van der Waals surface area contributed by atoms with Crippen LogP contribution < -0.4 is 15.5 Å². The Morgan fingerprint density at radius 1 is 1.03 bits per heavy atom. The minimum atomic E-state index is -0.456. The zero-order valence-electron chi connectivity index (χ0n) is 18.4. The van der Waals surface area contributed by atoms with Crippen molar-refractivity contribution in [2.75, 3.05) is 41.8 Å². The molecule has 33 heavy (non-hydrogen) atoms. The van der Waals surface area contributed by atoms with Crippen LogP contribution in [0.25, 0.3) is 0 Å². The molecule has 0 saturated carbocycles. The lowest BCUT2D eigenvalue weighted by Gasteiger charge is -2.38. The van der Waals surface area contributed by atoms with Gasteiger partial charge in [-0.3, -0.25) is 4.98 Å². The van der Waals surface area contributed by atoms with Crippen LogP contribution in [0.1, 0.15) is 31.4 Å². The number of halogens is 1. The number of benzene rings is 1. The maximum Gasteiger partial charge on any atom is 0.227 e. The average Bonchev–Trinajstić information content (AvgIpc) is 3.28. The molecule has 4 heterocycles. The van der Waals surface area contributed by atoms with Gasteiger partial charge in [0.05, 0.1) is 25.5 Å². The van der Waals surface area contributed by atoms with E-state index in [0.29, 0.717) is 30.8 Å². The molecule has 0 radical (unpaired) electrons. The first-order valence-corrected chi connectivity index (χ1v) is 11.1. The first-order valence-electron chi connectivity index (χ1n) is 11.1. The van der Waals surface area contributed by atoms with E-state index in [1.807, 2.05) is 13.0 Å². The minimum Gasteiger partial charge on any atom is -0.356 e. The van der Waals surface area contributed by atoms with Gasteiger partial charge in [-0.1, -0.05) is 12.1 Å². The summed E-state index contributed by atoms with van der Waals surface area (Å²) in [6.45, 7) is 4.80. The standard InChI is InChI=1S/C23H26FN7O2/c1-16(17-2-4-18(24)5-3-17)27-22-29-19(28-20-15-25-8-9-26-20)14-21(30-22)31-10-6-23(7-11-31)32-12-13-33-23/h2-5,8-9,14-16H,6-7,10-13H2,1H3,(H2,26,27,28,29,30)/t16-/m0/s1. The molecule has 0 aliphatic carbocycles. The number of aromatic nitrogens is 4. The molecule has 0 amide bonds. The third-order valence-electron chi connectivity index (χ3n) is 5.91. The lowest BCUT2D eigenvalue weighted by Crippen LogP contribution is -2.45. The Labute approximate surface area is 191 Å². The number of piperidine rings is 1. The Bertz CT molecular complexity index is 1070. The molecule has 2 saturated heterocycles. The number of hydrogen-bond acceptors (Lipinski definition) is 9. The Balaban J connectivity index is 1.38. The van der Waals surface area contributed by atoms with Gasteiger partial charge in [-0.05, 0) is 24.6 Å². The van der Waals surface area contributed by atoms with Crippen LogP contribution in [-0.2, 0) is 9.47 Å². The molecule has 2 aromatic heterocycles. The van der Waals surface area contributed by atoms with E-state index in [2.05, 4.69) is 30.5 Å². The second kappa shape index (κ2) is 9.24. The summed E-state index contributed by atoms with van der Waals surface area (Å²) < 4.78 is 25.0. The Morgan fingerprint density at radius 3 is 2.48 bits per heavy atom. The fourth-order valence-electron chi connectivity index (χ4n) is 4.11. The number of rotatable bonds is 6. The number of nitrogens with zero attached hydrogens (tertiary/aromatic N) is 5. The highest BCUT2D eigenvalue weighted by Crippen LogP contribution is 2.33. The van der Waals surface area contributed by atoms with Gasteiger partial charge in [0, 0.05) is 44.4 Å². The SMILES string of the molecule is C[C@H](Nc1nc(Nc2cnccn2)cc(N2CCC3(CC2)OCCO3)n1)c1ccc(F)cc1. The van der Waals surface area contributed by atoms with Gasteiger partial charge in [0.25, 0.3) is 0 Å². The summed E-state index contributed by atoms with van der Waals surface area (Å²) in [6, 6.07) is 8.18. The van der Waals surface area contributed by atoms with Crippen molar-refractivity contribution in [1.29, 1.82) is 0 Å². The van der Waals surface area contributed by atoms with E-state index in [-0.39, 0.29) is 11.9 Å². The van der Waals surface area contributed by atoms with Crippen molar-refractivity contribution in [2.24, 2.45) is 0 Å². The number of anilines is 4. The minimum absolute atomic E-state index is 0.116. The van der Waals surface area contributed by atoms with Crippen LogP contribution in [0.5, 0.6) is 0 Å². The summed E-state index contributed by atoms with van der Waals surface area (Å²) in [5, 5.41) is 6.54. The van der Waals surface area contributed by atoms with Gasteiger partial charge in [0.2, 0.25) is 5.95 Å². The molecule has 5 rings (SSSR count). The van der Waals surface area contributed by atoms with Gasteiger partial charge in [0.1, 0.15) is 23.3 Å². The van der Waals surface area contributed by atoms with Crippen molar-refractivity contribution in [3.05, 3.63) is 60.3 Å². The molecule has 2 aliphatic rings. The summed E-state index contributed by atoms with van der Waals surface area (Å²) in [5.74, 6) is 1.72. The van der Waals surface area contributed by atoms with Crippen LogP contribution in [0.4, 0.5) is 27.8 Å². The average molecular weight is 452 g/mol. The van der Waals surface area contributed by atoms with Gasteiger partial charge >= 0.3 is 0 Å². The molecule has 3 aromatic rings. The van der Waals surface area contributed by atoms with E-state index in [1.54, 1.807) is 30.7 Å². The second-order valence-corrected chi connectivity index (χ2v) is 8.16. The lowest BCUT2D eigenvalue weighted by molar-refractivity contribution is -0.169. The lowest BCUT2D eigenvalue weighted by atomic mass is 10.0. The topological polar surface area (TPSA) is 97.3 Å². The van der Waals surface area contributed by atoms with Crippen LogP contribution in [-0.4, -0.2) is 52.0 Å². The summed E-state index contributed by atoms with van der Waals surface area (Å²) in [4.78, 5) is 20.0. The molecule has 0 unspecified atom stereocenters. The normalized spacial score (nSPS) is 18.3. The molecule has 1 atom stereocenters. The van der Waals surface area contributed by atoms with Gasteiger partial charge in [-0.15, -0.1) is 0 Å². The number of ether oxygens (including phenoxy) is 2. The molecule has 1 aromatic carbocycles. The van der Waals surface area contributed by atoms with Gasteiger partial charge < -0.3 is 25.0 Å². The molecule has 172 valence electrons. The predicted octanol–water partition coefficient (Wildman–Crippen LogP) is 3.67. The highest BCUT2D eigenvalue weighted by molar-refractivity contribution is 5.59. The summed E-state index contributed by atoms with van der Waals surface area (Å²) in [5.41, 5.74) is 0.935. The second-order valence-electron chi connectivity index (χ2n) is 8.16. The van der Waals surface area contributed by atoms with E-state index in [9.17, 15) is 4.39 Å². The smallest absolute Gasteiger partial charge is 0.227 e. The maximum absolute atomic E-state index is 13.3. The molecule has 9 nitrogen and oxygen atoms in total. The molecule has 1 spiro atoms. The third kappa shape index (κ3) is 5.01. The highest BCUT2D eigenvalue weighted by Gasteiger charge is 2.40. The van der Waals surface area contributed by atoms with E-state index in [4.69, 9.17) is 14.5 Å². The van der Waals surface area contributed by atoms with Crippen LogP contribution in [0.15, 0.2) is 48.9 Å². The van der Waals surface area contributed by atoms with E-state index in [0.717, 1.165) is 37.3 Å². The fraction of sp³-hybridized carbons (Fsp3) is 0.391. The molecule has 2 aliphatic heterocycles. The first-order chi connectivity index (χ1) is 16.1. The van der Waals surface area contributed by atoms with Crippen molar-refractivity contribution >= 4 is 23.4 Å². The molecular formula is C23H26FN7O2. The molecule has 2 N–H and O–H groups in total. The molecular weight excluding hydrogens is 425 g/mol. The van der Waals surface area contributed by atoms with Crippen molar-refractivity contribution in [2.45, 2.75) is 31.6 Å². The highest BCUT2D eigenvalue weighted by atomic mass is 19.1. The van der Waals surface area contributed by atoms with Crippen molar-refractivity contribution in [1.82, 2.24) is 19.9 Å². The Morgan fingerprint density at radius 2 is 1.79 bits per heavy atom. The summed E-state index contributed by atoms with van der Waals surface area (Å²) >= 11 is 0. The predicted molar refractivity (Wildman–Crippen MR) is 122 cm³/mol. The zero-order chi connectivity index (χ0) is 22.7. The molecule has 0 bridgehead atoms. The monoisotopic (exact) mass is 451 g/mol. The number of nitrogens with one attached hydrogen (secondary N) is 2. The first kappa shape index (κ1) is 21.5. The van der Waals surface area contributed by atoms with Crippen LogP contribution in [0.2, 0.25) is 0 Å². The van der Waals surface area contributed by atoms with Crippen molar-refractivity contribution < 1.29 is 13.9 Å². The van der Waals surface area contributed by atoms with E-state index >= 15 is 0 Å². The third-order valence-corrected chi connectivity index (χ3v) is 5.91. The van der Waals surface area contributed by atoms with E-state index < -0.39 is 5.79 Å². The van der Waals surface area contributed by atoms with Crippen molar-refractivity contribution in [3.63, 3.8) is 0 Å². The zero-order valence-corrected chi connectivity index (χ0v) is 18.4. The number of hydrogen-bond donors (Lipinski definition) is 2. The van der Waals surface area contributed by atoms with Crippen LogP contribution >= 0.6 is 0 Å². The van der Waals surface area contributed by atoms with Gasteiger partial charge in [0.15, 0.2) is 5.79 Å². The Hall–Kier alpha value is -3.37. The quantitative estimate of drug-likeness (QED) is 0.582. The summed E-state index contributed by atoms with van der Waals surface area (Å²) in [7, 11) is 0. The van der Waals surface area contributed by atoms with Gasteiger partial charge in [-0.2, -0.15) is 9.97 Å². The molecule has 10 heteroatoms. The maximum atomic E-state index is 13.3. The summed E-state index contributed by atoms with van der Waals surface area (Å²) in [6.07, 6.45) is 6.42. The molecule has 2 fully saturated rings. The Kier molecular flexibility index (Phi) is 6.01. The fourth-order valence-corrected chi connectivity index (χ4v) is 4.11. The van der Waals surface area contributed by atoms with Crippen LogP contribution in [0, 0.1) is 5.82 Å². The van der Waals surface area contributed by atoms with Crippen molar-refractivity contribution in [3.8, 4) is 0 Å². The van der Waals surface area contributed by atoms with E-state index in [1.165, 1.54) is 12.1 Å². The largest absolute Gasteiger partial charge is 0.356 e. The van der Waals surface area contributed by atoms with Crippen LogP contribution in [0.3, 0.4) is 0 Å².